The summed E-state index contributed by atoms with van der Waals surface area (Å²) in [5.74, 6) is 0. The molecule has 14 heavy (non-hydrogen) atoms. The van der Waals surface area contributed by atoms with Gasteiger partial charge in [0.2, 0.25) is 0 Å². The van der Waals surface area contributed by atoms with Crippen LogP contribution in [0.15, 0.2) is 0 Å². The van der Waals surface area contributed by atoms with Crippen molar-refractivity contribution in [3.05, 3.63) is 0 Å². The maximum absolute atomic E-state index is 8.65. The van der Waals surface area contributed by atoms with Gasteiger partial charge in [0, 0.05) is 5.54 Å². The van der Waals surface area contributed by atoms with Gasteiger partial charge in [0.25, 0.3) is 0 Å². The van der Waals surface area contributed by atoms with E-state index in [1.165, 1.54) is 0 Å². The van der Waals surface area contributed by atoms with E-state index >= 15 is 0 Å². The molecule has 0 fully saturated rings. The van der Waals surface area contributed by atoms with Crippen LogP contribution in [-0.4, -0.2) is 11.6 Å². The van der Waals surface area contributed by atoms with Gasteiger partial charge in [-0.15, -0.1) is 0 Å². The number of hydrogen-bond donors (Lipinski definition) is 1. The van der Waals surface area contributed by atoms with Crippen LogP contribution in [0.4, 0.5) is 0 Å². The number of nitrogens with zero attached hydrogens (tertiary/aromatic N) is 2. The molecule has 0 unspecified atom stereocenters. The van der Waals surface area contributed by atoms with Crippen LogP contribution >= 0.6 is 0 Å². The van der Waals surface area contributed by atoms with Crippen LogP contribution in [0, 0.1) is 28.1 Å². The summed E-state index contributed by atoms with van der Waals surface area (Å²) in [5, 5.41) is 20.3. The predicted molar refractivity (Wildman–Crippen MR) is 56.3 cm³/mol. The third-order valence-corrected chi connectivity index (χ3v) is 1.77. The Bertz CT molecular complexity index is 246. The highest BCUT2D eigenvalue weighted by molar-refractivity contribution is 5.08. The topological polar surface area (TPSA) is 59.6 Å². The fourth-order valence-corrected chi connectivity index (χ4v) is 1.86. The fraction of sp³-hybridized carbons (Fsp3) is 0.818. The highest BCUT2D eigenvalue weighted by Crippen LogP contribution is 2.26. The van der Waals surface area contributed by atoms with Gasteiger partial charge in [0.1, 0.15) is 0 Å². The molecule has 0 bridgehead atoms. The Hall–Kier alpha value is -1.06. The van der Waals surface area contributed by atoms with Crippen LogP contribution in [-0.2, 0) is 0 Å². The third-order valence-electron chi connectivity index (χ3n) is 1.77. The summed E-state index contributed by atoms with van der Waals surface area (Å²) >= 11 is 0. The number of nitrogens with one attached hydrogen (secondary N) is 1. The molecule has 0 aromatic carbocycles. The SMILES string of the molecule is CC(C)(C)CC(C)(C)NC(C#N)C#N. The minimum atomic E-state index is -0.715. The Labute approximate surface area is 86.7 Å². The molecule has 0 aromatic rings. The van der Waals surface area contributed by atoms with E-state index in [0.29, 0.717) is 0 Å². The standard InChI is InChI=1S/C11H19N3/c1-10(2,3)8-11(4,5)14-9(6-12)7-13/h9,14H,8H2,1-5H3. The Morgan fingerprint density at radius 2 is 1.50 bits per heavy atom. The molecule has 3 nitrogen and oxygen atoms in total. The molecule has 0 spiro atoms. The normalized spacial score (nSPS) is 12.3. The van der Waals surface area contributed by atoms with Crippen molar-refractivity contribution in [2.24, 2.45) is 5.41 Å². The molecule has 0 saturated carbocycles. The second kappa shape index (κ2) is 4.44. The summed E-state index contributed by atoms with van der Waals surface area (Å²) in [4.78, 5) is 0. The average molecular weight is 193 g/mol. The molecule has 0 aromatic heterocycles. The van der Waals surface area contributed by atoms with Crippen LogP contribution in [0.2, 0.25) is 0 Å². The molecule has 3 heteroatoms. The molecule has 1 N–H and O–H groups in total. The molecule has 0 saturated heterocycles. The minimum absolute atomic E-state index is 0.186. The van der Waals surface area contributed by atoms with Gasteiger partial charge in [0.15, 0.2) is 6.04 Å². The van der Waals surface area contributed by atoms with Crippen LogP contribution in [0.3, 0.4) is 0 Å². The zero-order chi connectivity index (χ0) is 11.4. The van der Waals surface area contributed by atoms with Crippen molar-refractivity contribution in [2.75, 3.05) is 0 Å². The van der Waals surface area contributed by atoms with Gasteiger partial charge >= 0.3 is 0 Å². The maximum atomic E-state index is 8.65. The van der Waals surface area contributed by atoms with Gasteiger partial charge in [0.05, 0.1) is 12.1 Å². The third kappa shape index (κ3) is 5.56. The Balaban J connectivity index is 4.37. The van der Waals surface area contributed by atoms with Crippen molar-refractivity contribution in [3.8, 4) is 12.1 Å². The molecule has 0 aliphatic rings. The van der Waals surface area contributed by atoms with Gasteiger partial charge in [-0.05, 0) is 25.7 Å². The second-order valence-electron chi connectivity index (χ2n) is 5.46. The fourth-order valence-electron chi connectivity index (χ4n) is 1.86. The summed E-state index contributed by atoms with van der Waals surface area (Å²) < 4.78 is 0. The van der Waals surface area contributed by atoms with Gasteiger partial charge in [-0.25, -0.2) is 0 Å². The molecule has 0 aliphatic carbocycles. The second-order valence-corrected chi connectivity index (χ2v) is 5.46. The monoisotopic (exact) mass is 193 g/mol. The van der Waals surface area contributed by atoms with Crippen LogP contribution in [0.1, 0.15) is 41.0 Å². The quantitative estimate of drug-likeness (QED) is 0.747. The Morgan fingerprint density at radius 3 is 1.79 bits per heavy atom. The van der Waals surface area contributed by atoms with E-state index in [9.17, 15) is 0 Å². The molecule has 0 aliphatic heterocycles. The molecule has 78 valence electrons. The number of hydrogen-bond acceptors (Lipinski definition) is 3. The number of nitriles is 2. The van der Waals surface area contributed by atoms with E-state index in [-0.39, 0.29) is 11.0 Å². The zero-order valence-corrected chi connectivity index (χ0v) is 9.68. The highest BCUT2D eigenvalue weighted by atomic mass is 15.0. The molecular weight excluding hydrogens is 174 g/mol. The molecule has 0 heterocycles. The van der Waals surface area contributed by atoms with Crippen molar-refractivity contribution >= 4 is 0 Å². The molecule has 0 rings (SSSR count). The first-order valence-corrected chi connectivity index (χ1v) is 4.77. The van der Waals surface area contributed by atoms with E-state index in [1.807, 2.05) is 26.0 Å². The summed E-state index contributed by atoms with van der Waals surface area (Å²) in [5.41, 5.74) is 0.000335. The van der Waals surface area contributed by atoms with Gasteiger partial charge in [-0.2, -0.15) is 10.5 Å². The zero-order valence-electron chi connectivity index (χ0n) is 9.68. The smallest absolute Gasteiger partial charge is 0.183 e. The first-order chi connectivity index (χ1) is 6.20. The summed E-state index contributed by atoms with van der Waals surface area (Å²) in [6, 6.07) is 3.13. The molecule has 0 radical (unpaired) electrons. The van der Waals surface area contributed by atoms with Gasteiger partial charge in [-0.1, -0.05) is 20.8 Å². The van der Waals surface area contributed by atoms with Crippen LogP contribution in [0.5, 0.6) is 0 Å². The Kier molecular flexibility index (Phi) is 4.10. The van der Waals surface area contributed by atoms with Crippen molar-refractivity contribution in [1.29, 1.82) is 10.5 Å². The van der Waals surface area contributed by atoms with Crippen molar-refractivity contribution in [3.63, 3.8) is 0 Å². The predicted octanol–water partition coefficient (Wildman–Crippen LogP) is 2.21. The average Bonchev–Trinajstić information content (AvgIpc) is 1.95. The summed E-state index contributed by atoms with van der Waals surface area (Å²) in [6.07, 6.45) is 0.917. The van der Waals surface area contributed by atoms with Crippen LogP contribution in [0.25, 0.3) is 0 Å². The summed E-state index contributed by atoms with van der Waals surface area (Å²) in [7, 11) is 0. The van der Waals surface area contributed by atoms with Crippen molar-refractivity contribution in [2.45, 2.75) is 52.6 Å². The Morgan fingerprint density at radius 1 is 1.07 bits per heavy atom. The van der Waals surface area contributed by atoms with Gasteiger partial charge in [-0.3, -0.25) is 5.32 Å². The van der Waals surface area contributed by atoms with Gasteiger partial charge < -0.3 is 0 Å². The van der Waals surface area contributed by atoms with E-state index in [0.717, 1.165) is 6.42 Å². The highest BCUT2D eigenvalue weighted by Gasteiger charge is 2.27. The minimum Gasteiger partial charge on any atom is -0.285 e. The van der Waals surface area contributed by atoms with E-state index in [4.69, 9.17) is 10.5 Å². The largest absolute Gasteiger partial charge is 0.285 e. The van der Waals surface area contributed by atoms with Crippen molar-refractivity contribution < 1.29 is 0 Å². The molecule has 0 atom stereocenters. The molecular formula is C11H19N3. The lowest BCUT2D eigenvalue weighted by atomic mass is 9.81. The first kappa shape index (κ1) is 12.9. The van der Waals surface area contributed by atoms with Crippen molar-refractivity contribution in [1.82, 2.24) is 5.32 Å². The maximum Gasteiger partial charge on any atom is 0.183 e. The first-order valence-electron chi connectivity index (χ1n) is 4.77. The summed E-state index contributed by atoms with van der Waals surface area (Å²) in [6.45, 7) is 10.5. The molecule has 0 amide bonds. The van der Waals surface area contributed by atoms with E-state index in [1.54, 1.807) is 0 Å². The lowest BCUT2D eigenvalue weighted by molar-refractivity contribution is 0.241. The van der Waals surface area contributed by atoms with Crippen LogP contribution < -0.4 is 5.32 Å². The number of rotatable bonds is 3. The lowest BCUT2D eigenvalue weighted by Crippen LogP contribution is -2.47. The van der Waals surface area contributed by atoms with E-state index < -0.39 is 6.04 Å². The van der Waals surface area contributed by atoms with E-state index in [2.05, 4.69) is 26.1 Å². The lowest BCUT2D eigenvalue weighted by Gasteiger charge is -2.33.